The summed E-state index contributed by atoms with van der Waals surface area (Å²) in [6.07, 6.45) is 0. The van der Waals surface area contributed by atoms with Crippen molar-refractivity contribution in [1.82, 2.24) is 20.3 Å². The maximum Gasteiger partial charge on any atom is 0.209 e. The fraction of sp³-hybridized carbons (Fsp3) is 0.727. The van der Waals surface area contributed by atoms with Crippen molar-refractivity contribution in [2.75, 3.05) is 33.2 Å². The summed E-state index contributed by atoms with van der Waals surface area (Å²) in [6.45, 7) is 8.91. The molecule has 0 radical (unpaired) electrons. The second-order valence-electron chi connectivity index (χ2n) is 4.37. The monoisotopic (exact) mass is 224 g/mol. The van der Waals surface area contributed by atoms with Crippen LogP contribution in [0, 0.1) is 13.8 Å². The van der Waals surface area contributed by atoms with Crippen LogP contribution < -0.4 is 5.43 Å². The Kier molecular flexibility index (Phi) is 3.58. The molecular formula is C11H20N4O. The minimum absolute atomic E-state index is 0.679. The Morgan fingerprint density at radius 1 is 1.25 bits per heavy atom. The van der Waals surface area contributed by atoms with E-state index >= 15 is 0 Å². The summed E-state index contributed by atoms with van der Waals surface area (Å²) in [5.41, 5.74) is 4.33. The quantitative estimate of drug-likeness (QED) is 0.812. The molecule has 1 fully saturated rings. The van der Waals surface area contributed by atoms with Crippen molar-refractivity contribution in [1.29, 1.82) is 0 Å². The summed E-state index contributed by atoms with van der Waals surface area (Å²) >= 11 is 0. The number of oxazole rings is 1. The Balaban J connectivity index is 1.79. The van der Waals surface area contributed by atoms with E-state index in [0.717, 1.165) is 43.5 Å². The zero-order chi connectivity index (χ0) is 11.5. The predicted molar refractivity (Wildman–Crippen MR) is 61.9 cm³/mol. The normalized spacial score (nSPS) is 19.2. The molecule has 2 rings (SSSR count). The molecule has 90 valence electrons. The van der Waals surface area contributed by atoms with Gasteiger partial charge in [-0.3, -0.25) is 0 Å². The van der Waals surface area contributed by atoms with Crippen molar-refractivity contribution in [2.45, 2.75) is 20.4 Å². The van der Waals surface area contributed by atoms with Crippen LogP contribution in [-0.2, 0) is 6.54 Å². The van der Waals surface area contributed by atoms with Gasteiger partial charge in [0.15, 0.2) is 0 Å². The van der Waals surface area contributed by atoms with Gasteiger partial charge in [0.2, 0.25) is 5.89 Å². The number of hydrogen-bond acceptors (Lipinski definition) is 5. The first-order valence-corrected chi connectivity index (χ1v) is 5.75. The average molecular weight is 224 g/mol. The molecule has 1 aromatic heterocycles. The SMILES string of the molecule is Cc1nc(CNN2CCN(C)CC2)oc1C. The smallest absolute Gasteiger partial charge is 0.209 e. The number of nitrogens with one attached hydrogen (secondary N) is 1. The molecule has 16 heavy (non-hydrogen) atoms. The summed E-state index contributed by atoms with van der Waals surface area (Å²) in [5.74, 6) is 1.68. The van der Waals surface area contributed by atoms with Gasteiger partial charge in [0.05, 0.1) is 12.2 Å². The molecule has 1 saturated heterocycles. The van der Waals surface area contributed by atoms with Gasteiger partial charge in [0.1, 0.15) is 5.76 Å². The highest BCUT2D eigenvalue weighted by atomic mass is 16.4. The Labute approximate surface area is 96.4 Å². The van der Waals surface area contributed by atoms with Crippen LogP contribution in [0.5, 0.6) is 0 Å². The van der Waals surface area contributed by atoms with Crippen LogP contribution in [0.15, 0.2) is 4.42 Å². The number of hydrogen-bond donors (Lipinski definition) is 1. The molecule has 5 nitrogen and oxygen atoms in total. The number of likely N-dealkylation sites (N-methyl/N-ethyl adjacent to an activating group) is 1. The molecule has 5 heteroatoms. The molecule has 0 aliphatic carbocycles. The van der Waals surface area contributed by atoms with Gasteiger partial charge in [-0.05, 0) is 20.9 Å². The van der Waals surface area contributed by atoms with Crippen molar-refractivity contribution in [3.63, 3.8) is 0 Å². The molecule has 1 aromatic rings. The summed E-state index contributed by atoms with van der Waals surface area (Å²) in [5, 5.41) is 2.23. The van der Waals surface area contributed by atoms with Gasteiger partial charge in [-0.25, -0.2) is 15.4 Å². The molecule has 0 spiro atoms. The van der Waals surface area contributed by atoms with E-state index in [4.69, 9.17) is 4.42 Å². The van der Waals surface area contributed by atoms with Gasteiger partial charge in [0, 0.05) is 26.2 Å². The highest BCUT2D eigenvalue weighted by Crippen LogP contribution is 2.08. The summed E-state index contributed by atoms with van der Waals surface area (Å²) in [4.78, 5) is 6.67. The molecule has 0 saturated carbocycles. The number of aromatic nitrogens is 1. The Morgan fingerprint density at radius 3 is 2.50 bits per heavy atom. The van der Waals surface area contributed by atoms with Gasteiger partial charge < -0.3 is 9.32 Å². The van der Waals surface area contributed by atoms with Crippen LogP contribution in [0.4, 0.5) is 0 Å². The van der Waals surface area contributed by atoms with Gasteiger partial charge in [-0.2, -0.15) is 0 Å². The summed E-state index contributed by atoms with van der Waals surface area (Å²) < 4.78 is 5.52. The molecule has 1 aliphatic rings. The van der Waals surface area contributed by atoms with Crippen molar-refractivity contribution in [3.05, 3.63) is 17.3 Å². The zero-order valence-electron chi connectivity index (χ0n) is 10.3. The second-order valence-corrected chi connectivity index (χ2v) is 4.37. The first-order valence-electron chi connectivity index (χ1n) is 5.75. The van der Waals surface area contributed by atoms with Gasteiger partial charge >= 0.3 is 0 Å². The Morgan fingerprint density at radius 2 is 1.94 bits per heavy atom. The maximum atomic E-state index is 5.52. The van der Waals surface area contributed by atoms with E-state index < -0.39 is 0 Å². The summed E-state index contributed by atoms with van der Waals surface area (Å²) in [6, 6.07) is 0. The number of rotatable bonds is 3. The standard InChI is InChI=1S/C11H20N4O/c1-9-10(2)16-11(13-9)8-12-15-6-4-14(3)5-7-15/h12H,4-8H2,1-3H3. The molecule has 0 atom stereocenters. The maximum absolute atomic E-state index is 5.52. The third kappa shape index (κ3) is 2.81. The van der Waals surface area contributed by atoms with E-state index in [1.807, 2.05) is 13.8 Å². The van der Waals surface area contributed by atoms with Crippen molar-refractivity contribution in [2.24, 2.45) is 0 Å². The molecule has 1 N–H and O–H groups in total. The van der Waals surface area contributed by atoms with E-state index in [1.54, 1.807) is 0 Å². The van der Waals surface area contributed by atoms with Crippen molar-refractivity contribution in [3.8, 4) is 0 Å². The highest BCUT2D eigenvalue weighted by Gasteiger charge is 2.14. The molecule has 0 unspecified atom stereocenters. The topological polar surface area (TPSA) is 44.5 Å². The average Bonchev–Trinajstić information content (AvgIpc) is 2.58. The lowest BCUT2D eigenvalue weighted by Gasteiger charge is -2.32. The van der Waals surface area contributed by atoms with E-state index in [9.17, 15) is 0 Å². The third-order valence-electron chi connectivity index (χ3n) is 3.03. The number of nitrogens with zero attached hydrogens (tertiary/aromatic N) is 3. The van der Waals surface area contributed by atoms with Crippen molar-refractivity contribution >= 4 is 0 Å². The first-order chi connectivity index (χ1) is 7.65. The Bertz CT molecular complexity index is 322. The van der Waals surface area contributed by atoms with Gasteiger partial charge in [-0.15, -0.1) is 0 Å². The van der Waals surface area contributed by atoms with Crippen LogP contribution in [-0.4, -0.2) is 48.1 Å². The first kappa shape index (κ1) is 11.6. The van der Waals surface area contributed by atoms with Gasteiger partial charge in [-0.1, -0.05) is 0 Å². The van der Waals surface area contributed by atoms with Crippen LogP contribution in [0.3, 0.4) is 0 Å². The van der Waals surface area contributed by atoms with E-state index in [2.05, 4.69) is 27.4 Å². The van der Waals surface area contributed by atoms with E-state index in [-0.39, 0.29) is 0 Å². The molecule has 0 amide bonds. The number of hydrazine groups is 1. The fourth-order valence-electron chi connectivity index (χ4n) is 1.76. The van der Waals surface area contributed by atoms with Crippen LogP contribution in [0.2, 0.25) is 0 Å². The fourth-order valence-corrected chi connectivity index (χ4v) is 1.76. The van der Waals surface area contributed by atoms with Crippen LogP contribution in [0.25, 0.3) is 0 Å². The third-order valence-corrected chi connectivity index (χ3v) is 3.03. The number of aryl methyl sites for hydroxylation is 2. The van der Waals surface area contributed by atoms with Gasteiger partial charge in [0.25, 0.3) is 0 Å². The van der Waals surface area contributed by atoms with Crippen LogP contribution in [0.1, 0.15) is 17.3 Å². The van der Waals surface area contributed by atoms with E-state index in [1.165, 1.54) is 0 Å². The summed E-state index contributed by atoms with van der Waals surface area (Å²) in [7, 11) is 2.15. The molecule has 0 aromatic carbocycles. The highest BCUT2D eigenvalue weighted by molar-refractivity contribution is 5.04. The van der Waals surface area contributed by atoms with E-state index in [0.29, 0.717) is 6.54 Å². The Hall–Kier alpha value is -0.910. The minimum Gasteiger partial charge on any atom is -0.444 e. The minimum atomic E-state index is 0.679. The van der Waals surface area contributed by atoms with Crippen molar-refractivity contribution < 1.29 is 4.42 Å². The lowest BCUT2D eigenvalue weighted by atomic mass is 10.4. The lowest BCUT2D eigenvalue weighted by molar-refractivity contribution is 0.0982. The molecular weight excluding hydrogens is 204 g/mol. The molecule has 2 heterocycles. The molecule has 0 bridgehead atoms. The largest absolute Gasteiger partial charge is 0.444 e. The lowest BCUT2D eigenvalue weighted by Crippen LogP contribution is -2.50. The molecule has 1 aliphatic heterocycles. The number of piperazine rings is 1. The second kappa shape index (κ2) is 4.95. The van der Waals surface area contributed by atoms with Crippen LogP contribution >= 0.6 is 0 Å². The zero-order valence-corrected chi connectivity index (χ0v) is 10.3. The predicted octanol–water partition coefficient (Wildman–Crippen LogP) is 0.543.